The summed E-state index contributed by atoms with van der Waals surface area (Å²) in [5.74, 6) is 0.266. The van der Waals surface area contributed by atoms with Crippen molar-refractivity contribution in [3.63, 3.8) is 0 Å². The van der Waals surface area contributed by atoms with Crippen LogP contribution in [0.4, 0.5) is 0 Å². The summed E-state index contributed by atoms with van der Waals surface area (Å²) < 4.78 is 5.35. The number of rotatable bonds is 2. The van der Waals surface area contributed by atoms with E-state index in [0.29, 0.717) is 0 Å². The lowest BCUT2D eigenvalue weighted by atomic mass is 9.91. The molecule has 1 aromatic carbocycles. The van der Waals surface area contributed by atoms with Crippen molar-refractivity contribution in [2.75, 3.05) is 13.2 Å². The van der Waals surface area contributed by atoms with Gasteiger partial charge in [0.2, 0.25) is 0 Å². The third-order valence-electron chi connectivity index (χ3n) is 3.96. The Morgan fingerprint density at radius 2 is 2.00 bits per heavy atom. The number of hydrogen-bond donors (Lipinski definition) is 1. The minimum atomic E-state index is -0.479. The molecule has 0 spiro atoms. The zero-order chi connectivity index (χ0) is 13.2. The number of benzene rings is 1. The van der Waals surface area contributed by atoms with Gasteiger partial charge in [0.05, 0.1) is 17.3 Å². The molecule has 1 unspecified atom stereocenters. The molecule has 0 radical (unpaired) electrons. The number of aromatic nitrogens is 1. The average molecular weight is 257 g/mol. The minimum Gasteiger partial charge on any atom is -0.387 e. The molecule has 1 saturated heterocycles. The van der Waals surface area contributed by atoms with E-state index >= 15 is 0 Å². The molecule has 100 valence electrons. The Kier molecular flexibility index (Phi) is 3.49. The van der Waals surface area contributed by atoms with Gasteiger partial charge in [-0.15, -0.1) is 0 Å². The van der Waals surface area contributed by atoms with E-state index in [4.69, 9.17) is 4.74 Å². The molecule has 2 heterocycles. The molecule has 0 aliphatic carbocycles. The van der Waals surface area contributed by atoms with Crippen LogP contribution in [0.3, 0.4) is 0 Å². The molecule has 3 heteroatoms. The predicted molar refractivity (Wildman–Crippen MR) is 75.0 cm³/mol. The maximum atomic E-state index is 10.5. The summed E-state index contributed by atoms with van der Waals surface area (Å²) in [6, 6.07) is 10.1. The molecule has 1 N–H and O–H groups in total. The first-order valence-corrected chi connectivity index (χ1v) is 6.88. The summed E-state index contributed by atoms with van der Waals surface area (Å²) in [6.07, 6.45) is 1.34. The predicted octanol–water partition coefficient (Wildman–Crippen LogP) is 3.00. The van der Waals surface area contributed by atoms with Crippen LogP contribution < -0.4 is 0 Å². The Balaban J connectivity index is 1.95. The highest BCUT2D eigenvalue weighted by molar-refractivity contribution is 5.82. The molecule has 1 atom stereocenters. The number of hydrogen-bond acceptors (Lipinski definition) is 3. The summed E-state index contributed by atoms with van der Waals surface area (Å²) >= 11 is 0. The van der Waals surface area contributed by atoms with E-state index < -0.39 is 6.10 Å². The maximum Gasteiger partial charge on any atom is 0.0989 e. The van der Waals surface area contributed by atoms with Gasteiger partial charge in [-0.2, -0.15) is 0 Å². The molecule has 2 aromatic rings. The van der Waals surface area contributed by atoms with Crippen LogP contribution in [0.5, 0.6) is 0 Å². The number of para-hydroxylation sites is 1. The Hall–Kier alpha value is -1.45. The zero-order valence-corrected chi connectivity index (χ0v) is 11.2. The third-order valence-corrected chi connectivity index (χ3v) is 3.96. The first-order chi connectivity index (χ1) is 9.25. The van der Waals surface area contributed by atoms with Crippen molar-refractivity contribution in [1.29, 1.82) is 0 Å². The largest absolute Gasteiger partial charge is 0.387 e. The van der Waals surface area contributed by atoms with Crippen molar-refractivity contribution in [2.24, 2.45) is 5.92 Å². The standard InChI is InChI=1S/C16H19NO2/c1-11-10-15(16(18)12-6-8-19-9-7-12)17-14-5-3-2-4-13(11)14/h2-5,10,12,16,18H,6-9H2,1H3. The van der Waals surface area contributed by atoms with E-state index in [1.54, 1.807) is 0 Å². The normalized spacial score (nSPS) is 18.6. The van der Waals surface area contributed by atoms with Gasteiger partial charge < -0.3 is 9.84 Å². The van der Waals surface area contributed by atoms with Crippen molar-refractivity contribution in [3.8, 4) is 0 Å². The molecular formula is C16H19NO2. The highest BCUT2D eigenvalue weighted by atomic mass is 16.5. The van der Waals surface area contributed by atoms with Crippen LogP contribution in [0.2, 0.25) is 0 Å². The smallest absolute Gasteiger partial charge is 0.0989 e. The fraction of sp³-hybridized carbons (Fsp3) is 0.438. The molecule has 3 rings (SSSR count). The second-order valence-electron chi connectivity index (χ2n) is 5.28. The van der Waals surface area contributed by atoms with Gasteiger partial charge in [-0.3, -0.25) is 4.98 Å². The van der Waals surface area contributed by atoms with Gasteiger partial charge in [-0.05, 0) is 43.4 Å². The van der Waals surface area contributed by atoms with Crippen molar-refractivity contribution in [2.45, 2.75) is 25.9 Å². The number of fused-ring (bicyclic) bond motifs is 1. The molecule has 1 aromatic heterocycles. The number of pyridine rings is 1. The van der Waals surface area contributed by atoms with Gasteiger partial charge in [-0.1, -0.05) is 18.2 Å². The SMILES string of the molecule is Cc1cc(C(O)C2CCOCC2)nc2ccccc12. The van der Waals surface area contributed by atoms with Gasteiger partial charge in [0.25, 0.3) is 0 Å². The van der Waals surface area contributed by atoms with Crippen molar-refractivity contribution in [3.05, 3.63) is 41.6 Å². The number of nitrogens with zero attached hydrogens (tertiary/aromatic N) is 1. The topological polar surface area (TPSA) is 42.4 Å². The van der Waals surface area contributed by atoms with Gasteiger partial charge in [0.15, 0.2) is 0 Å². The molecular weight excluding hydrogens is 238 g/mol. The molecule has 1 fully saturated rings. The molecule has 1 aliphatic rings. The highest BCUT2D eigenvalue weighted by Crippen LogP contribution is 2.30. The summed E-state index contributed by atoms with van der Waals surface area (Å²) in [5, 5.41) is 11.7. The lowest BCUT2D eigenvalue weighted by Crippen LogP contribution is -2.22. The van der Waals surface area contributed by atoms with E-state index in [0.717, 1.165) is 42.7 Å². The van der Waals surface area contributed by atoms with Crippen LogP contribution in [-0.4, -0.2) is 23.3 Å². The zero-order valence-electron chi connectivity index (χ0n) is 11.2. The van der Waals surface area contributed by atoms with E-state index in [-0.39, 0.29) is 5.92 Å². The second kappa shape index (κ2) is 5.27. The second-order valence-corrected chi connectivity index (χ2v) is 5.28. The van der Waals surface area contributed by atoms with E-state index in [1.165, 1.54) is 5.56 Å². The molecule has 1 aliphatic heterocycles. The van der Waals surface area contributed by atoms with Gasteiger partial charge >= 0.3 is 0 Å². The van der Waals surface area contributed by atoms with Gasteiger partial charge in [0, 0.05) is 18.6 Å². The lowest BCUT2D eigenvalue weighted by molar-refractivity contribution is 0.00568. The summed E-state index contributed by atoms with van der Waals surface area (Å²) in [6.45, 7) is 3.56. The summed E-state index contributed by atoms with van der Waals surface area (Å²) in [7, 11) is 0. The van der Waals surface area contributed by atoms with E-state index in [1.807, 2.05) is 24.3 Å². The number of aryl methyl sites for hydroxylation is 1. The monoisotopic (exact) mass is 257 g/mol. The summed E-state index contributed by atoms with van der Waals surface area (Å²) in [5.41, 5.74) is 2.93. The van der Waals surface area contributed by atoms with Crippen LogP contribution in [-0.2, 0) is 4.74 Å². The Morgan fingerprint density at radius 3 is 2.79 bits per heavy atom. The van der Waals surface area contributed by atoms with Gasteiger partial charge in [0.1, 0.15) is 0 Å². The highest BCUT2D eigenvalue weighted by Gasteiger charge is 2.24. The third kappa shape index (κ3) is 2.48. The van der Waals surface area contributed by atoms with E-state index in [9.17, 15) is 5.11 Å². The molecule has 0 amide bonds. The lowest BCUT2D eigenvalue weighted by Gasteiger charge is -2.26. The minimum absolute atomic E-state index is 0.266. The van der Waals surface area contributed by atoms with Crippen LogP contribution in [0.15, 0.2) is 30.3 Å². The molecule has 0 bridgehead atoms. The molecule has 0 saturated carbocycles. The molecule has 19 heavy (non-hydrogen) atoms. The fourth-order valence-electron chi connectivity index (χ4n) is 2.80. The quantitative estimate of drug-likeness (QED) is 0.899. The average Bonchev–Trinajstić information content (AvgIpc) is 2.47. The van der Waals surface area contributed by atoms with Crippen molar-refractivity contribution >= 4 is 10.9 Å². The number of aliphatic hydroxyl groups excluding tert-OH is 1. The number of ether oxygens (including phenoxy) is 1. The van der Waals surface area contributed by atoms with Crippen LogP contribution in [0.1, 0.15) is 30.2 Å². The summed E-state index contributed by atoms with van der Waals surface area (Å²) in [4.78, 5) is 4.62. The van der Waals surface area contributed by atoms with E-state index in [2.05, 4.69) is 18.0 Å². The van der Waals surface area contributed by atoms with Crippen LogP contribution >= 0.6 is 0 Å². The van der Waals surface area contributed by atoms with Gasteiger partial charge in [-0.25, -0.2) is 0 Å². The van der Waals surface area contributed by atoms with Crippen LogP contribution in [0.25, 0.3) is 10.9 Å². The fourth-order valence-corrected chi connectivity index (χ4v) is 2.80. The Bertz CT molecular complexity index is 576. The van der Waals surface area contributed by atoms with Crippen LogP contribution in [0, 0.1) is 12.8 Å². The first-order valence-electron chi connectivity index (χ1n) is 6.88. The Morgan fingerprint density at radius 1 is 1.26 bits per heavy atom. The molecule has 3 nitrogen and oxygen atoms in total. The van der Waals surface area contributed by atoms with Crippen molar-refractivity contribution in [1.82, 2.24) is 4.98 Å². The number of aliphatic hydroxyl groups is 1. The maximum absolute atomic E-state index is 10.5. The first kappa shape index (κ1) is 12.6. The Labute approximate surface area is 113 Å². The van der Waals surface area contributed by atoms with Crippen molar-refractivity contribution < 1.29 is 9.84 Å².